The fraction of sp³-hybridized carbons (Fsp3) is 0.100. The maximum Gasteiger partial charge on any atom is 0.194 e. The normalized spacial score (nSPS) is 11.3. The first-order valence-corrected chi connectivity index (χ1v) is 5.44. The van der Waals surface area contributed by atoms with Gasteiger partial charge in [0.25, 0.3) is 0 Å². The van der Waals surface area contributed by atoms with Crippen molar-refractivity contribution in [3.05, 3.63) is 30.1 Å². The SMILES string of the molecule is Cc1cn2c(n1)sc1cc(NN)ccc12. The molecular formula is C10H10N4S. The minimum Gasteiger partial charge on any atom is -0.324 e. The molecule has 0 aliphatic carbocycles. The van der Waals surface area contributed by atoms with Gasteiger partial charge in [0.2, 0.25) is 0 Å². The van der Waals surface area contributed by atoms with Crippen molar-refractivity contribution in [2.75, 3.05) is 5.43 Å². The number of fused-ring (bicyclic) bond motifs is 3. The van der Waals surface area contributed by atoms with E-state index in [0.29, 0.717) is 0 Å². The van der Waals surface area contributed by atoms with Gasteiger partial charge in [-0.1, -0.05) is 11.3 Å². The number of nitrogen functional groups attached to an aromatic ring is 1. The molecule has 0 bridgehead atoms. The van der Waals surface area contributed by atoms with Crippen molar-refractivity contribution in [3.8, 4) is 0 Å². The lowest BCUT2D eigenvalue weighted by atomic mass is 10.3. The van der Waals surface area contributed by atoms with Gasteiger partial charge in [-0.05, 0) is 25.1 Å². The van der Waals surface area contributed by atoms with E-state index < -0.39 is 0 Å². The van der Waals surface area contributed by atoms with Crippen molar-refractivity contribution in [1.82, 2.24) is 9.38 Å². The predicted molar refractivity (Wildman–Crippen MR) is 63.1 cm³/mol. The lowest BCUT2D eigenvalue weighted by molar-refractivity contribution is 1.28. The number of nitrogens with one attached hydrogen (secondary N) is 1. The third kappa shape index (κ3) is 1.20. The summed E-state index contributed by atoms with van der Waals surface area (Å²) in [4.78, 5) is 5.46. The van der Waals surface area contributed by atoms with Crippen molar-refractivity contribution in [2.24, 2.45) is 5.84 Å². The van der Waals surface area contributed by atoms with Crippen LogP contribution < -0.4 is 11.3 Å². The number of benzene rings is 1. The highest BCUT2D eigenvalue weighted by Gasteiger charge is 2.06. The van der Waals surface area contributed by atoms with Crippen molar-refractivity contribution in [3.63, 3.8) is 0 Å². The number of rotatable bonds is 1. The number of hydrogen-bond donors (Lipinski definition) is 2. The van der Waals surface area contributed by atoms with Crippen molar-refractivity contribution in [1.29, 1.82) is 0 Å². The molecule has 5 heteroatoms. The van der Waals surface area contributed by atoms with E-state index in [4.69, 9.17) is 5.84 Å². The van der Waals surface area contributed by atoms with E-state index in [1.807, 2.05) is 25.3 Å². The van der Waals surface area contributed by atoms with Gasteiger partial charge in [0.05, 0.1) is 21.6 Å². The average molecular weight is 218 g/mol. The minimum atomic E-state index is 0.920. The van der Waals surface area contributed by atoms with E-state index in [1.54, 1.807) is 11.3 Å². The molecular weight excluding hydrogens is 208 g/mol. The van der Waals surface area contributed by atoms with E-state index in [-0.39, 0.29) is 0 Å². The predicted octanol–water partition coefficient (Wildman–Crippen LogP) is 2.14. The van der Waals surface area contributed by atoms with Crippen LogP contribution in [0.1, 0.15) is 5.69 Å². The maximum absolute atomic E-state index is 5.37. The zero-order valence-corrected chi connectivity index (χ0v) is 9.01. The summed E-state index contributed by atoms with van der Waals surface area (Å²) in [6, 6.07) is 6.04. The van der Waals surface area contributed by atoms with Crippen LogP contribution in [0.5, 0.6) is 0 Å². The van der Waals surface area contributed by atoms with Crippen LogP contribution in [0.4, 0.5) is 5.69 Å². The quantitative estimate of drug-likeness (QED) is 0.486. The minimum absolute atomic E-state index is 0.920. The van der Waals surface area contributed by atoms with Crippen LogP contribution in [0.15, 0.2) is 24.4 Å². The van der Waals surface area contributed by atoms with Crippen molar-refractivity contribution < 1.29 is 0 Å². The summed E-state index contributed by atoms with van der Waals surface area (Å²) in [5.41, 5.74) is 5.79. The van der Waals surface area contributed by atoms with Crippen LogP contribution in [0.25, 0.3) is 15.2 Å². The first kappa shape index (κ1) is 8.70. The number of thiazole rings is 1. The Kier molecular flexibility index (Phi) is 1.71. The fourth-order valence-electron chi connectivity index (χ4n) is 1.70. The molecule has 1 aromatic carbocycles. The van der Waals surface area contributed by atoms with Crippen LogP contribution in [0.3, 0.4) is 0 Å². The number of nitrogens with two attached hydrogens (primary N) is 1. The smallest absolute Gasteiger partial charge is 0.194 e. The van der Waals surface area contributed by atoms with E-state index in [2.05, 4.69) is 20.9 Å². The van der Waals surface area contributed by atoms with Crippen LogP contribution in [-0.2, 0) is 0 Å². The Morgan fingerprint density at radius 2 is 2.33 bits per heavy atom. The molecule has 3 aromatic rings. The van der Waals surface area contributed by atoms with Crippen LogP contribution >= 0.6 is 11.3 Å². The second-order valence-corrected chi connectivity index (χ2v) is 4.47. The van der Waals surface area contributed by atoms with Gasteiger partial charge >= 0.3 is 0 Å². The second kappa shape index (κ2) is 2.95. The number of hydrogen-bond acceptors (Lipinski definition) is 4. The highest BCUT2D eigenvalue weighted by molar-refractivity contribution is 7.23. The van der Waals surface area contributed by atoms with Gasteiger partial charge in [-0.3, -0.25) is 10.2 Å². The second-order valence-electron chi connectivity index (χ2n) is 3.46. The Morgan fingerprint density at radius 1 is 1.47 bits per heavy atom. The van der Waals surface area contributed by atoms with Crippen molar-refractivity contribution >= 4 is 32.2 Å². The first-order valence-electron chi connectivity index (χ1n) is 4.63. The standard InChI is InChI=1S/C10H10N4S/c1-6-5-14-8-3-2-7(13-11)4-9(8)15-10(14)12-6/h2-5,13H,11H2,1H3. The largest absolute Gasteiger partial charge is 0.324 e. The van der Waals surface area contributed by atoms with E-state index >= 15 is 0 Å². The number of anilines is 1. The topological polar surface area (TPSA) is 55.3 Å². The molecule has 15 heavy (non-hydrogen) atoms. The average Bonchev–Trinajstić information content (AvgIpc) is 2.72. The van der Waals surface area contributed by atoms with Crippen LogP contribution in [0, 0.1) is 6.92 Å². The summed E-state index contributed by atoms with van der Waals surface area (Å²) in [7, 11) is 0. The summed E-state index contributed by atoms with van der Waals surface area (Å²) < 4.78 is 3.29. The lowest BCUT2D eigenvalue weighted by Gasteiger charge is -1.98. The molecule has 0 aliphatic heterocycles. The molecule has 3 rings (SSSR count). The Labute approximate surface area is 90.3 Å². The third-order valence-corrected chi connectivity index (χ3v) is 3.40. The van der Waals surface area contributed by atoms with E-state index in [1.165, 1.54) is 10.2 Å². The number of aromatic nitrogens is 2. The molecule has 2 heterocycles. The molecule has 4 nitrogen and oxygen atoms in total. The Bertz CT molecular complexity index is 637. The molecule has 0 saturated heterocycles. The molecule has 3 N–H and O–H groups in total. The Morgan fingerprint density at radius 3 is 3.13 bits per heavy atom. The molecule has 2 aromatic heterocycles. The molecule has 0 unspecified atom stereocenters. The highest BCUT2D eigenvalue weighted by atomic mass is 32.1. The highest BCUT2D eigenvalue weighted by Crippen LogP contribution is 2.28. The van der Waals surface area contributed by atoms with E-state index in [0.717, 1.165) is 16.3 Å². The zero-order valence-electron chi connectivity index (χ0n) is 8.19. The molecule has 0 spiro atoms. The first-order chi connectivity index (χ1) is 7.28. The zero-order chi connectivity index (χ0) is 10.4. The van der Waals surface area contributed by atoms with Gasteiger partial charge in [-0.25, -0.2) is 4.98 Å². The van der Waals surface area contributed by atoms with Gasteiger partial charge < -0.3 is 5.43 Å². The Hall–Kier alpha value is -1.59. The molecule has 0 saturated carbocycles. The Balaban J connectivity index is 2.40. The van der Waals surface area contributed by atoms with Crippen LogP contribution in [0.2, 0.25) is 0 Å². The van der Waals surface area contributed by atoms with Gasteiger partial charge in [0.1, 0.15) is 0 Å². The molecule has 76 valence electrons. The monoisotopic (exact) mass is 218 g/mol. The van der Waals surface area contributed by atoms with E-state index in [9.17, 15) is 0 Å². The molecule has 0 atom stereocenters. The number of aryl methyl sites for hydroxylation is 1. The lowest BCUT2D eigenvalue weighted by Crippen LogP contribution is -2.05. The maximum atomic E-state index is 5.37. The van der Waals surface area contributed by atoms with Gasteiger partial charge in [-0.15, -0.1) is 0 Å². The molecule has 0 fully saturated rings. The van der Waals surface area contributed by atoms with Crippen molar-refractivity contribution in [2.45, 2.75) is 6.92 Å². The number of nitrogens with zero attached hydrogens (tertiary/aromatic N) is 2. The molecule has 0 amide bonds. The summed E-state index contributed by atoms with van der Waals surface area (Å²) in [5.74, 6) is 5.37. The molecule has 0 radical (unpaired) electrons. The summed E-state index contributed by atoms with van der Waals surface area (Å²) in [6.07, 6.45) is 2.05. The van der Waals surface area contributed by atoms with Gasteiger partial charge in [-0.2, -0.15) is 0 Å². The molecule has 0 aliphatic rings. The van der Waals surface area contributed by atoms with Gasteiger partial charge in [0, 0.05) is 6.20 Å². The van der Waals surface area contributed by atoms with Gasteiger partial charge in [0.15, 0.2) is 4.96 Å². The number of imidazole rings is 1. The fourth-order valence-corrected chi connectivity index (χ4v) is 2.80. The summed E-state index contributed by atoms with van der Waals surface area (Å²) >= 11 is 1.67. The third-order valence-electron chi connectivity index (χ3n) is 2.38. The number of hydrazine groups is 1. The summed E-state index contributed by atoms with van der Waals surface area (Å²) in [6.45, 7) is 2.00. The summed E-state index contributed by atoms with van der Waals surface area (Å²) in [5, 5.41) is 0. The van der Waals surface area contributed by atoms with Crippen LogP contribution in [-0.4, -0.2) is 9.38 Å².